The van der Waals surface area contributed by atoms with Crippen LogP contribution in [-0.2, 0) is 0 Å². The Morgan fingerprint density at radius 1 is 1.24 bits per heavy atom. The van der Waals surface area contributed by atoms with Crippen LogP contribution in [0, 0.1) is 6.92 Å². The molecule has 0 saturated heterocycles. The second kappa shape index (κ2) is 6.91. The Bertz CT molecular complexity index is 666. The molecule has 0 unspecified atom stereocenters. The number of anilines is 1. The summed E-state index contributed by atoms with van der Waals surface area (Å²) in [7, 11) is -1.65. The van der Waals surface area contributed by atoms with Crippen LogP contribution in [0.4, 0.5) is 5.69 Å². The Kier molecular flexibility index (Phi) is 5.19. The molecule has 3 N–H and O–H groups in total. The summed E-state index contributed by atoms with van der Waals surface area (Å²) in [6.45, 7) is 1.92. The maximum Gasteiger partial charge on any atom is 0.490 e. The zero-order valence-electron chi connectivity index (χ0n) is 11.2. The van der Waals surface area contributed by atoms with Crippen molar-refractivity contribution in [3.8, 4) is 5.75 Å². The van der Waals surface area contributed by atoms with Crippen molar-refractivity contribution in [1.82, 2.24) is 0 Å². The predicted molar refractivity (Wildman–Crippen MR) is 89.3 cm³/mol. The van der Waals surface area contributed by atoms with Gasteiger partial charge in [0.05, 0.1) is 0 Å². The average Bonchev–Trinajstić information content (AvgIpc) is 2.43. The van der Waals surface area contributed by atoms with E-state index in [4.69, 9.17) is 28.6 Å². The first-order valence-corrected chi connectivity index (χ1v) is 6.96. The Labute approximate surface area is 133 Å². The second-order valence-corrected chi connectivity index (χ2v) is 5.17. The van der Waals surface area contributed by atoms with Gasteiger partial charge in [0.2, 0.25) is 0 Å². The highest BCUT2D eigenvalue weighted by Crippen LogP contribution is 2.18. The Hall–Kier alpha value is -1.60. The molecule has 0 heterocycles. The lowest BCUT2D eigenvalue weighted by atomic mass is 9.80. The molecule has 21 heavy (non-hydrogen) atoms. The molecule has 4 nitrogen and oxygen atoms in total. The molecule has 7 heteroatoms. The van der Waals surface area contributed by atoms with Gasteiger partial charge in [-0.2, -0.15) is 0 Å². The van der Waals surface area contributed by atoms with E-state index in [-0.39, 0.29) is 15.7 Å². The van der Waals surface area contributed by atoms with Crippen molar-refractivity contribution in [2.75, 3.05) is 5.32 Å². The molecule has 2 rings (SSSR count). The van der Waals surface area contributed by atoms with Crippen molar-refractivity contribution in [3.63, 3.8) is 0 Å². The molecular formula is C14H13BClNO3S. The lowest BCUT2D eigenvalue weighted by Gasteiger charge is -2.12. The van der Waals surface area contributed by atoms with Crippen molar-refractivity contribution in [2.45, 2.75) is 6.92 Å². The number of aryl methyl sites for hydroxylation is 1. The number of para-hydroxylation sites is 1. The number of thiocarbonyl (C=S) groups is 1. The van der Waals surface area contributed by atoms with Gasteiger partial charge >= 0.3 is 7.12 Å². The third-order valence-corrected chi connectivity index (χ3v) is 3.35. The summed E-state index contributed by atoms with van der Waals surface area (Å²) in [5.41, 5.74) is 1.71. The molecule has 0 aliphatic rings. The molecule has 0 aromatic heterocycles. The van der Waals surface area contributed by atoms with Crippen LogP contribution in [0.3, 0.4) is 0 Å². The van der Waals surface area contributed by atoms with E-state index in [1.54, 1.807) is 12.1 Å². The summed E-state index contributed by atoms with van der Waals surface area (Å²) in [6, 6.07) is 12.2. The normalized spacial score (nSPS) is 10.1. The van der Waals surface area contributed by atoms with Crippen LogP contribution >= 0.6 is 23.8 Å². The largest absolute Gasteiger partial charge is 0.490 e. The van der Waals surface area contributed by atoms with Gasteiger partial charge < -0.3 is 20.1 Å². The van der Waals surface area contributed by atoms with Crippen LogP contribution in [0.2, 0.25) is 5.02 Å². The number of halogens is 1. The zero-order valence-corrected chi connectivity index (χ0v) is 12.8. The number of ether oxygens (including phenoxy) is 1. The summed E-state index contributed by atoms with van der Waals surface area (Å²) in [4.78, 5) is 0. The number of hydrogen-bond donors (Lipinski definition) is 3. The Morgan fingerprint density at radius 3 is 2.62 bits per heavy atom. The van der Waals surface area contributed by atoms with Gasteiger partial charge in [0.25, 0.3) is 5.17 Å². The predicted octanol–water partition coefficient (Wildman–Crippen LogP) is 2.10. The molecule has 0 saturated carbocycles. The summed E-state index contributed by atoms with van der Waals surface area (Å²) in [6.07, 6.45) is 0. The molecule has 0 aliphatic carbocycles. The van der Waals surface area contributed by atoms with Gasteiger partial charge in [0.15, 0.2) is 0 Å². The zero-order chi connectivity index (χ0) is 15.4. The van der Waals surface area contributed by atoms with Gasteiger partial charge in [-0.1, -0.05) is 29.8 Å². The lowest BCUT2D eigenvalue weighted by Crippen LogP contribution is -2.31. The van der Waals surface area contributed by atoms with Gasteiger partial charge in [-0.15, -0.1) is 0 Å². The van der Waals surface area contributed by atoms with E-state index in [9.17, 15) is 10.0 Å². The van der Waals surface area contributed by atoms with Crippen LogP contribution in [0.1, 0.15) is 5.56 Å². The minimum atomic E-state index is -1.65. The van der Waals surface area contributed by atoms with Gasteiger partial charge in [0.1, 0.15) is 5.75 Å². The Morgan fingerprint density at radius 2 is 1.95 bits per heavy atom. The van der Waals surface area contributed by atoms with Gasteiger partial charge in [0, 0.05) is 16.2 Å². The van der Waals surface area contributed by atoms with Crippen LogP contribution in [-0.4, -0.2) is 22.3 Å². The fraction of sp³-hybridized carbons (Fsp3) is 0.0714. The lowest BCUT2D eigenvalue weighted by molar-refractivity contribution is 0.426. The highest BCUT2D eigenvalue weighted by molar-refractivity contribution is 7.80. The van der Waals surface area contributed by atoms with Gasteiger partial charge in [-0.25, -0.2) is 0 Å². The smallest absolute Gasteiger partial charge is 0.431 e. The first-order chi connectivity index (χ1) is 9.97. The topological polar surface area (TPSA) is 61.7 Å². The SMILES string of the molecule is Cc1ccccc1OC(=S)Nc1ccc(Cl)c(B(O)O)c1. The molecule has 0 radical (unpaired) electrons. The molecule has 108 valence electrons. The van der Waals surface area contributed by atoms with Crippen LogP contribution in [0.25, 0.3) is 0 Å². The molecule has 0 bridgehead atoms. The van der Waals surface area contributed by atoms with E-state index in [0.717, 1.165) is 5.56 Å². The average molecular weight is 322 g/mol. The third kappa shape index (κ3) is 4.18. The van der Waals surface area contributed by atoms with Crippen molar-refractivity contribution in [1.29, 1.82) is 0 Å². The number of hydrogen-bond acceptors (Lipinski definition) is 4. The fourth-order valence-electron chi connectivity index (χ4n) is 1.73. The van der Waals surface area contributed by atoms with Crippen LogP contribution in [0.15, 0.2) is 42.5 Å². The van der Waals surface area contributed by atoms with E-state index in [1.165, 1.54) is 6.07 Å². The second-order valence-electron chi connectivity index (χ2n) is 4.39. The maximum atomic E-state index is 9.21. The Balaban J connectivity index is 2.10. The first-order valence-electron chi connectivity index (χ1n) is 6.17. The van der Waals surface area contributed by atoms with Gasteiger partial charge in [-0.3, -0.25) is 0 Å². The van der Waals surface area contributed by atoms with Crippen molar-refractivity contribution in [2.24, 2.45) is 0 Å². The molecule has 0 aliphatic heterocycles. The standard InChI is InChI=1S/C14H13BClNO3S/c1-9-4-2-3-5-13(9)20-14(21)17-10-6-7-12(16)11(8-10)15(18)19/h2-8,18-19H,1H3,(H,17,21). The van der Waals surface area contributed by atoms with Crippen molar-refractivity contribution >= 4 is 47.3 Å². The molecule has 0 fully saturated rings. The monoisotopic (exact) mass is 321 g/mol. The van der Waals surface area contributed by atoms with E-state index in [2.05, 4.69) is 5.32 Å². The summed E-state index contributed by atoms with van der Waals surface area (Å²) >= 11 is 11.0. The maximum absolute atomic E-state index is 9.21. The summed E-state index contributed by atoms with van der Waals surface area (Å²) in [5, 5.41) is 21.7. The van der Waals surface area contributed by atoms with Crippen molar-refractivity contribution in [3.05, 3.63) is 53.1 Å². The number of rotatable bonds is 3. The van der Waals surface area contributed by atoms with E-state index >= 15 is 0 Å². The fourth-order valence-corrected chi connectivity index (χ4v) is 2.16. The molecule has 2 aromatic rings. The molecule has 2 aromatic carbocycles. The molecular weight excluding hydrogens is 308 g/mol. The molecule has 0 amide bonds. The molecule has 0 atom stereocenters. The summed E-state index contributed by atoms with van der Waals surface area (Å²) < 4.78 is 5.54. The quantitative estimate of drug-likeness (QED) is 0.597. The highest BCUT2D eigenvalue weighted by atomic mass is 35.5. The first kappa shape index (κ1) is 15.8. The number of benzene rings is 2. The highest BCUT2D eigenvalue weighted by Gasteiger charge is 2.16. The van der Waals surface area contributed by atoms with E-state index in [1.807, 2.05) is 31.2 Å². The number of nitrogens with one attached hydrogen (secondary N) is 1. The minimum Gasteiger partial charge on any atom is -0.431 e. The summed E-state index contributed by atoms with van der Waals surface area (Å²) in [5.74, 6) is 0.659. The van der Waals surface area contributed by atoms with Gasteiger partial charge in [-0.05, 0) is 49.0 Å². The van der Waals surface area contributed by atoms with Crippen LogP contribution < -0.4 is 15.5 Å². The molecule has 0 spiro atoms. The van der Waals surface area contributed by atoms with E-state index < -0.39 is 7.12 Å². The van der Waals surface area contributed by atoms with E-state index in [0.29, 0.717) is 11.4 Å². The van der Waals surface area contributed by atoms with Crippen molar-refractivity contribution < 1.29 is 14.8 Å². The minimum absolute atomic E-state index is 0.157. The van der Waals surface area contributed by atoms with Crippen LogP contribution in [0.5, 0.6) is 5.75 Å². The third-order valence-electron chi connectivity index (χ3n) is 2.82.